The van der Waals surface area contributed by atoms with Gasteiger partial charge < -0.3 is 22.2 Å². The molecule has 0 aliphatic carbocycles. The molecule has 90 valence electrons. The maximum Gasteiger partial charge on any atom is 0.246 e. The van der Waals surface area contributed by atoms with Gasteiger partial charge in [-0.3, -0.25) is 4.79 Å². The first-order valence-electron chi connectivity index (χ1n) is 5.07. The monoisotopic (exact) mass is 234 g/mol. The van der Waals surface area contributed by atoms with Crippen LogP contribution in [0.1, 0.15) is 19.8 Å². The van der Waals surface area contributed by atoms with Crippen LogP contribution in [-0.2, 0) is 4.79 Å². The third-order valence-electron chi connectivity index (χ3n) is 1.93. The lowest BCUT2D eigenvalue weighted by Gasteiger charge is -2.23. The fourth-order valence-corrected chi connectivity index (χ4v) is 1.06. The van der Waals surface area contributed by atoms with Crippen LogP contribution < -0.4 is 17.7 Å². The second kappa shape index (κ2) is 7.71. The number of amides is 1. The number of hydrogen-bond acceptors (Lipinski definition) is 1. The number of nitrogens with one attached hydrogen (secondary N) is 1. The predicted molar refractivity (Wildman–Crippen MR) is 60.0 cm³/mol. The Hall–Kier alpha value is -0.540. The topological polar surface area (TPSA) is 29.1 Å². The van der Waals surface area contributed by atoms with Gasteiger partial charge in [0.15, 0.2) is 0 Å². The van der Waals surface area contributed by atoms with Gasteiger partial charge in [-0.15, -0.1) is 0 Å². The summed E-state index contributed by atoms with van der Waals surface area (Å²) in [6.45, 7) is 7.20. The van der Waals surface area contributed by atoms with Crippen molar-refractivity contribution in [2.45, 2.75) is 19.8 Å². The van der Waals surface area contributed by atoms with Crippen LogP contribution in [0.2, 0.25) is 0 Å². The lowest BCUT2D eigenvalue weighted by atomic mass is 10.2. The Bertz CT molecular complexity index is 209. The summed E-state index contributed by atoms with van der Waals surface area (Å²) in [5.74, 6) is -0.0322. The van der Waals surface area contributed by atoms with E-state index < -0.39 is 0 Å². The minimum absolute atomic E-state index is 0. The van der Waals surface area contributed by atoms with Gasteiger partial charge in [0.25, 0.3) is 0 Å². The standard InChI is InChI=1S/C11H22N2O.ClH/c1-10(2)11(14)12-8-6-7-9-13(3,4)5;/h1,6-9H2,2-5H3;1H. The zero-order valence-electron chi connectivity index (χ0n) is 10.3. The van der Waals surface area contributed by atoms with E-state index in [1.807, 2.05) is 0 Å². The summed E-state index contributed by atoms with van der Waals surface area (Å²) < 4.78 is 0.981. The van der Waals surface area contributed by atoms with Crippen molar-refractivity contribution in [3.05, 3.63) is 12.2 Å². The van der Waals surface area contributed by atoms with Crippen LogP contribution in [0, 0.1) is 0 Å². The lowest BCUT2D eigenvalue weighted by Crippen LogP contribution is -3.00. The van der Waals surface area contributed by atoms with Crippen molar-refractivity contribution in [1.29, 1.82) is 0 Å². The maximum absolute atomic E-state index is 11.1. The third kappa shape index (κ3) is 11.4. The first kappa shape index (κ1) is 16.9. The number of carbonyl (C=O) groups is 1. The quantitative estimate of drug-likeness (QED) is 0.327. The first-order valence-corrected chi connectivity index (χ1v) is 5.07. The molecule has 4 heteroatoms. The minimum Gasteiger partial charge on any atom is -1.00 e. The van der Waals surface area contributed by atoms with Crippen LogP contribution >= 0.6 is 0 Å². The van der Waals surface area contributed by atoms with Gasteiger partial charge >= 0.3 is 0 Å². The fraction of sp³-hybridized carbons (Fsp3) is 0.727. The number of nitrogens with zero attached hydrogens (tertiary/aromatic N) is 1. The highest BCUT2D eigenvalue weighted by Crippen LogP contribution is 1.96. The molecule has 0 fully saturated rings. The van der Waals surface area contributed by atoms with E-state index in [-0.39, 0.29) is 18.3 Å². The molecular weight excluding hydrogens is 212 g/mol. The average Bonchev–Trinajstić information content (AvgIpc) is 2.01. The molecule has 0 radical (unpaired) electrons. The Balaban J connectivity index is 0. The summed E-state index contributed by atoms with van der Waals surface area (Å²) in [5, 5.41) is 2.82. The van der Waals surface area contributed by atoms with Gasteiger partial charge in [0.2, 0.25) is 5.91 Å². The van der Waals surface area contributed by atoms with Crippen molar-refractivity contribution < 1.29 is 21.7 Å². The van der Waals surface area contributed by atoms with Gasteiger partial charge in [0.05, 0.1) is 27.7 Å². The molecule has 0 spiro atoms. The van der Waals surface area contributed by atoms with Crippen molar-refractivity contribution in [2.24, 2.45) is 0 Å². The van der Waals surface area contributed by atoms with Gasteiger partial charge in [0.1, 0.15) is 0 Å². The van der Waals surface area contributed by atoms with Crippen LogP contribution in [-0.4, -0.2) is 44.6 Å². The number of carbonyl (C=O) groups excluding carboxylic acids is 1. The van der Waals surface area contributed by atoms with E-state index >= 15 is 0 Å². The van der Waals surface area contributed by atoms with Gasteiger partial charge in [-0.1, -0.05) is 6.58 Å². The minimum atomic E-state index is -0.0322. The second-order valence-corrected chi connectivity index (χ2v) is 4.76. The Kier molecular flexibility index (Phi) is 8.68. The molecule has 1 N–H and O–H groups in total. The Morgan fingerprint density at radius 3 is 2.20 bits per heavy atom. The summed E-state index contributed by atoms with van der Waals surface area (Å²) in [6, 6.07) is 0. The van der Waals surface area contributed by atoms with Gasteiger partial charge in [0, 0.05) is 12.1 Å². The summed E-state index contributed by atoms with van der Waals surface area (Å²) in [4.78, 5) is 11.1. The van der Waals surface area contributed by atoms with Crippen LogP contribution in [0.3, 0.4) is 0 Å². The van der Waals surface area contributed by atoms with Crippen molar-refractivity contribution in [2.75, 3.05) is 34.2 Å². The van der Waals surface area contributed by atoms with E-state index in [1.165, 1.54) is 0 Å². The second-order valence-electron chi connectivity index (χ2n) is 4.76. The number of halogens is 1. The van der Waals surface area contributed by atoms with E-state index in [1.54, 1.807) is 6.92 Å². The Morgan fingerprint density at radius 1 is 1.27 bits per heavy atom. The molecule has 0 saturated heterocycles. The van der Waals surface area contributed by atoms with Crippen LogP contribution in [0.5, 0.6) is 0 Å². The Labute approximate surface area is 99.5 Å². The maximum atomic E-state index is 11.1. The number of quaternary nitrogens is 1. The van der Waals surface area contributed by atoms with Crippen molar-refractivity contribution in [1.82, 2.24) is 5.32 Å². The fourth-order valence-electron chi connectivity index (χ4n) is 1.06. The molecule has 0 aromatic rings. The molecular formula is C11H23ClN2O. The number of hydrogen-bond donors (Lipinski definition) is 1. The summed E-state index contributed by atoms with van der Waals surface area (Å²) in [7, 11) is 6.52. The highest BCUT2D eigenvalue weighted by atomic mass is 35.5. The third-order valence-corrected chi connectivity index (χ3v) is 1.93. The normalized spacial score (nSPS) is 10.4. The van der Waals surface area contributed by atoms with Gasteiger partial charge in [-0.25, -0.2) is 0 Å². The largest absolute Gasteiger partial charge is 1.00 e. The van der Waals surface area contributed by atoms with Crippen LogP contribution in [0.4, 0.5) is 0 Å². The zero-order valence-corrected chi connectivity index (χ0v) is 11.0. The van der Waals surface area contributed by atoms with Crippen LogP contribution in [0.25, 0.3) is 0 Å². The molecule has 0 aromatic carbocycles. The molecule has 0 heterocycles. The van der Waals surface area contributed by atoms with E-state index in [4.69, 9.17) is 0 Å². The van der Waals surface area contributed by atoms with E-state index in [2.05, 4.69) is 33.0 Å². The molecule has 0 atom stereocenters. The molecule has 0 aliphatic rings. The number of unbranched alkanes of at least 4 members (excludes halogenated alkanes) is 1. The SMILES string of the molecule is C=C(C)C(=O)NCCCC[N+](C)(C)C.[Cl-]. The molecule has 0 rings (SSSR count). The molecule has 0 unspecified atom stereocenters. The zero-order chi connectivity index (χ0) is 11.2. The first-order chi connectivity index (χ1) is 6.33. The van der Waals surface area contributed by atoms with Crippen LogP contribution in [0.15, 0.2) is 12.2 Å². The molecule has 1 amide bonds. The molecule has 0 aromatic heterocycles. The van der Waals surface area contributed by atoms with Crippen molar-refractivity contribution in [3.63, 3.8) is 0 Å². The van der Waals surface area contributed by atoms with E-state index in [9.17, 15) is 4.79 Å². The molecule has 0 bridgehead atoms. The number of rotatable bonds is 6. The summed E-state index contributed by atoms with van der Waals surface area (Å²) in [6.07, 6.45) is 2.18. The van der Waals surface area contributed by atoms with Crippen molar-refractivity contribution in [3.8, 4) is 0 Å². The summed E-state index contributed by atoms with van der Waals surface area (Å²) in [5.41, 5.74) is 0.580. The molecule has 0 saturated carbocycles. The smallest absolute Gasteiger partial charge is 0.246 e. The van der Waals surface area contributed by atoms with E-state index in [0.717, 1.165) is 30.4 Å². The Morgan fingerprint density at radius 2 is 1.80 bits per heavy atom. The highest BCUT2D eigenvalue weighted by molar-refractivity contribution is 5.91. The van der Waals surface area contributed by atoms with Crippen molar-refractivity contribution >= 4 is 5.91 Å². The summed E-state index contributed by atoms with van der Waals surface area (Å²) >= 11 is 0. The molecule has 15 heavy (non-hydrogen) atoms. The van der Waals surface area contributed by atoms with Gasteiger partial charge in [-0.05, 0) is 19.8 Å². The lowest BCUT2D eigenvalue weighted by molar-refractivity contribution is -0.870. The predicted octanol–water partition coefficient (Wildman–Crippen LogP) is -1.83. The highest BCUT2D eigenvalue weighted by Gasteiger charge is 2.05. The van der Waals surface area contributed by atoms with E-state index in [0.29, 0.717) is 5.57 Å². The van der Waals surface area contributed by atoms with Gasteiger partial charge in [-0.2, -0.15) is 0 Å². The average molecular weight is 235 g/mol. The molecule has 0 aliphatic heterocycles. The molecule has 3 nitrogen and oxygen atoms in total.